The molecule has 7 heteroatoms. The Labute approximate surface area is 127 Å². The molecule has 2 aromatic rings. The van der Waals surface area contributed by atoms with Crippen LogP contribution in [0, 0.1) is 26.2 Å². The lowest BCUT2D eigenvalue weighted by Gasteiger charge is -2.06. The fourth-order valence-corrected chi connectivity index (χ4v) is 2.56. The zero-order valence-corrected chi connectivity index (χ0v) is 12.6. The van der Waals surface area contributed by atoms with Gasteiger partial charge in [-0.2, -0.15) is 4.68 Å². The van der Waals surface area contributed by atoms with Crippen molar-refractivity contribution in [2.24, 2.45) is 0 Å². The molecule has 0 aliphatic rings. The third-order valence-corrected chi connectivity index (χ3v) is 3.53. The number of amides is 1. The molecule has 2 rings (SSSR count). The van der Waals surface area contributed by atoms with Crippen LogP contribution in [0.3, 0.4) is 0 Å². The second-order valence-corrected chi connectivity index (χ2v) is 5.43. The topological polar surface area (TPSA) is 72.7 Å². The van der Waals surface area contributed by atoms with Crippen LogP contribution >= 0.6 is 11.8 Å². The van der Waals surface area contributed by atoms with Gasteiger partial charge in [0.1, 0.15) is 0 Å². The monoisotopic (exact) mass is 301 g/mol. The molecule has 1 aromatic heterocycles. The minimum absolute atomic E-state index is 0.145. The molecule has 0 radical (unpaired) electrons. The Morgan fingerprint density at radius 1 is 1.38 bits per heavy atom. The highest BCUT2D eigenvalue weighted by atomic mass is 32.2. The van der Waals surface area contributed by atoms with Gasteiger partial charge >= 0.3 is 0 Å². The number of nitrogens with zero attached hydrogens (tertiary/aromatic N) is 4. The highest BCUT2D eigenvalue weighted by Crippen LogP contribution is 2.19. The van der Waals surface area contributed by atoms with Crippen molar-refractivity contribution in [2.45, 2.75) is 19.0 Å². The molecule has 0 aliphatic carbocycles. The number of hydrogen-bond donors (Lipinski definition) is 1. The van der Waals surface area contributed by atoms with Crippen LogP contribution in [-0.4, -0.2) is 38.4 Å². The van der Waals surface area contributed by atoms with Crippen molar-refractivity contribution in [1.29, 1.82) is 0 Å². The van der Waals surface area contributed by atoms with Gasteiger partial charge in [-0.15, -0.1) is 11.5 Å². The van der Waals surface area contributed by atoms with Gasteiger partial charge in [0.05, 0.1) is 18.0 Å². The van der Waals surface area contributed by atoms with E-state index in [1.54, 1.807) is 4.68 Å². The number of terminal acetylenes is 1. The molecular formula is C14H15N5OS. The van der Waals surface area contributed by atoms with Gasteiger partial charge in [0.15, 0.2) is 0 Å². The first-order chi connectivity index (χ1) is 10.1. The van der Waals surface area contributed by atoms with Crippen LogP contribution in [0.15, 0.2) is 23.4 Å². The van der Waals surface area contributed by atoms with Crippen molar-refractivity contribution in [3.63, 3.8) is 0 Å². The Kier molecular flexibility index (Phi) is 4.95. The van der Waals surface area contributed by atoms with Gasteiger partial charge in [-0.05, 0) is 47.5 Å². The predicted octanol–water partition coefficient (Wildman–Crippen LogP) is 1.12. The number of benzene rings is 1. The summed E-state index contributed by atoms with van der Waals surface area (Å²) in [5.74, 6) is 2.42. The van der Waals surface area contributed by atoms with Crippen molar-refractivity contribution in [3.8, 4) is 18.0 Å². The lowest BCUT2D eigenvalue weighted by molar-refractivity contribution is -0.118. The molecule has 1 amide bonds. The number of aromatic nitrogens is 4. The Morgan fingerprint density at radius 2 is 2.10 bits per heavy atom. The summed E-state index contributed by atoms with van der Waals surface area (Å²) in [6.07, 6.45) is 5.09. The molecule has 0 atom stereocenters. The van der Waals surface area contributed by atoms with Gasteiger partial charge in [0.2, 0.25) is 11.1 Å². The lowest BCUT2D eigenvalue weighted by Crippen LogP contribution is -2.25. The first-order valence-corrected chi connectivity index (χ1v) is 7.28. The summed E-state index contributed by atoms with van der Waals surface area (Å²) in [7, 11) is 0. The second kappa shape index (κ2) is 6.90. The molecule has 0 fully saturated rings. The summed E-state index contributed by atoms with van der Waals surface area (Å²) < 4.78 is 1.62. The van der Waals surface area contributed by atoms with Crippen LogP contribution in [0.2, 0.25) is 0 Å². The van der Waals surface area contributed by atoms with Crippen LogP contribution in [0.1, 0.15) is 11.1 Å². The zero-order valence-electron chi connectivity index (χ0n) is 11.8. The number of thioether (sulfide) groups is 1. The van der Waals surface area contributed by atoms with Gasteiger partial charge < -0.3 is 5.32 Å². The summed E-state index contributed by atoms with van der Waals surface area (Å²) in [5, 5.41) is 14.8. The van der Waals surface area contributed by atoms with E-state index < -0.39 is 0 Å². The lowest BCUT2D eigenvalue weighted by atomic mass is 10.1. The van der Waals surface area contributed by atoms with E-state index in [9.17, 15) is 4.79 Å². The fourth-order valence-electron chi connectivity index (χ4n) is 1.83. The number of carbonyl (C=O) groups is 1. The van der Waals surface area contributed by atoms with E-state index >= 15 is 0 Å². The maximum Gasteiger partial charge on any atom is 0.231 e. The Balaban J connectivity index is 2.12. The molecule has 21 heavy (non-hydrogen) atoms. The first kappa shape index (κ1) is 15.1. The SMILES string of the molecule is C#CCNC(=O)CSc1nnnn1-c1cc(C)cc(C)c1. The van der Waals surface area contributed by atoms with Crippen LogP contribution in [-0.2, 0) is 4.79 Å². The average Bonchev–Trinajstić information content (AvgIpc) is 2.90. The average molecular weight is 301 g/mol. The molecule has 0 saturated heterocycles. The number of hydrogen-bond acceptors (Lipinski definition) is 5. The smallest absolute Gasteiger partial charge is 0.231 e. The van der Waals surface area contributed by atoms with Crippen molar-refractivity contribution < 1.29 is 4.79 Å². The van der Waals surface area contributed by atoms with Crippen molar-refractivity contribution >= 4 is 17.7 Å². The molecule has 0 saturated carbocycles. The Morgan fingerprint density at radius 3 is 2.76 bits per heavy atom. The van der Waals surface area contributed by atoms with Gasteiger partial charge in [-0.1, -0.05) is 23.7 Å². The highest BCUT2D eigenvalue weighted by molar-refractivity contribution is 7.99. The second-order valence-electron chi connectivity index (χ2n) is 4.49. The van der Waals surface area contributed by atoms with Crippen LogP contribution in [0.25, 0.3) is 5.69 Å². The van der Waals surface area contributed by atoms with Gasteiger partial charge in [0, 0.05) is 0 Å². The highest BCUT2D eigenvalue weighted by Gasteiger charge is 2.11. The van der Waals surface area contributed by atoms with Crippen molar-refractivity contribution in [1.82, 2.24) is 25.5 Å². The zero-order chi connectivity index (χ0) is 15.2. The van der Waals surface area contributed by atoms with Gasteiger partial charge in [-0.25, -0.2) is 0 Å². The van der Waals surface area contributed by atoms with Gasteiger partial charge in [0.25, 0.3) is 0 Å². The number of carbonyl (C=O) groups excluding carboxylic acids is 1. The van der Waals surface area contributed by atoms with E-state index in [-0.39, 0.29) is 18.2 Å². The fraction of sp³-hybridized carbons (Fsp3) is 0.286. The number of tetrazole rings is 1. The number of rotatable bonds is 5. The summed E-state index contributed by atoms with van der Waals surface area (Å²) in [6, 6.07) is 6.06. The molecule has 0 unspecified atom stereocenters. The third-order valence-electron chi connectivity index (χ3n) is 2.61. The van der Waals surface area contributed by atoms with E-state index in [0.717, 1.165) is 16.8 Å². The third kappa shape index (κ3) is 4.07. The summed E-state index contributed by atoms with van der Waals surface area (Å²) >= 11 is 1.27. The van der Waals surface area contributed by atoms with E-state index in [0.29, 0.717) is 5.16 Å². The number of nitrogens with one attached hydrogen (secondary N) is 1. The predicted molar refractivity (Wildman–Crippen MR) is 81.2 cm³/mol. The Hall–Kier alpha value is -2.33. The summed E-state index contributed by atoms with van der Waals surface area (Å²) in [6.45, 7) is 4.25. The standard InChI is InChI=1S/C14H15N5OS/c1-4-5-15-13(20)9-21-14-16-17-18-19(14)12-7-10(2)6-11(3)8-12/h1,6-8H,5,9H2,2-3H3,(H,15,20). The molecule has 6 nitrogen and oxygen atoms in total. The Bertz CT molecular complexity index is 669. The molecule has 1 aromatic carbocycles. The van der Waals surface area contributed by atoms with Crippen LogP contribution in [0.5, 0.6) is 0 Å². The molecule has 0 aliphatic heterocycles. The molecular weight excluding hydrogens is 286 g/mol. The molecule has 1 N–H and O–H groups in total. The van der Waals surface area contributed by atoms with E-state index in [4.69, 9.17) is 6.42 Å². The van der Waals surface area contributed by atoms with E-state index in [2.05, 4.69) is 32.8 Å². The molecule has 0 spiro atoms. The molecule has 0 bridgehead atoms. The summed E-state index contributed by atoms with van der Waals surface area (Å²) in [5.41, 5.74) is 3.13. The van der Waals surface area contributed by atoms with Crippen molar-refractivity contribution in [2.75, 3.05) is 12.3 Å². The van der Waals surface area contributed by atoms with Crippen molar-refractivity contribution in [3.05, 3.63) is 29.3 Å². The minimum Gasteiger partial charge on any atom is -0.344 e. The molecule has 1 heterocycles. The normalized spacial score (nSPS) is 10.1. The van der Waals surface area contributed by atoms with Gasteiger partial charge in [-0.3, -0.25) is 4.79 Å². The van der Waals surface area contributed by atoms with Crippen LogP contribution < -0.4 is 5.32 Å². The van der Waals surface area contributed by atoms with E-state index in [1.807, 2.05) is 26.0 Å². The minimum atomic E-state index is -0.145. The largest absolute Gasteiger partial charge is 0.344 e. The quantitative estimate of drug-likeness (QED) is 0.662. The summed E-state index contributed by atoms with van der Waals surface area (Å²) in [4.78, 5) is 11.5. The van der Waals surface area contributed by atoms with E-state index in [1.165, 1.54) is 11.8 Å². The number of aryl methyl sites for hydroxylation is 2. The maximum atomic E-state index is 11.5. The first-order valence-electron chi connectivity index (χ1n) is 6.30. The maximum absolute atomic E-state index is 11.5. The van der Waals surface area contributed by atoms with Crippen LogP contribution in [0.4, 0.5) is 0 Å². The molecule has 108 valence electrons.